The van der Waals surface area contributed by atoms with Gasteiger partial charge >= 0.3 is 6.03 Å². The fourth-order valence-corrected chi connectivity index (χ4v) is 2.45. The highest BCUT2D eigenvalue weighted by atomic mass is 32.2. The van der Waals surface area contributed by atoms with Gasteiger partial charge in [0.25, 0.3) is 0 Å². The highest BCUT2D eigenvalue weighted by Gasteiger charge is 2.11. The number of methoxy groups -OCH3 is 2. The second-order valence-electron chi connectivity index (χ2n) is 4.03. The van der Waals surface area contributed by atoms with Crippen LogP contribution in [0.3, 0.4) is 0 Å². The van der Waals surface area contributed by atoms with Crippen LogP contribution in [-0.2, 0) is 6.54 Å². The van der Waals surface area contributed by atoms with Gasteiger partial charge in [0.2, 0.25) is 0 Å². The number of amides is 2. The number of hydrogen-bond donors (Lipinski definition) is 2. The maximum absolute atomic E-state index is 11.7. The van der Waals surface area contributed by atoms with Crippen LogP contribution in [0.4, 0.5) is 4.79 Å². The molecule has 1 heterocycles. The second-order valence-corrected chi connectivity index (χ2v) is 5.12. The van der Waals surface area contributed by atoms with E-state index in [-0.39, 0.29) is 6.03 Å². The minimum absolute atomic E-state index is 0.257. The third-order valence-electron chi connectivity index (χ3n) is 2.71. The summed E-state index contributed by atoms with van der Waals surface area (Å²) in [6, 6.07) is 5.27. The van der Waals surface area contributed by atoms with Crippen molar-refractivity contribution in [3.05, 3.63) is 23.8 Å². The third-order valence-corrected chi connectivity index (χ3v) is 3.60. The minimum Gasteiger partial charge on any atom is -0.493 e. The quantitative estimate of drug-likeness (QED) is 0.885. The standard InChI is InChI=1S/C13H17N3O3S/c1-18-10-4-3-9(7-11(10)19-2)8-15-12(17)16-13-14-5-6-20-13/h3-4,7H,5-6,8H2,1-2H3,(H2,14,15,16,17). The van der Waals surface area contributed by atoms with Crippen LogP contribution in [0.15, 0.2) is 23.2 Å². The van der Waals surface area contributed by atoms with Crippen LogP contribution in [0.25, 0.3) is 0 Å². The molecule has 1 aromatic carbocycles. The monoisotopic (exact) mass is 295 g/mol. The number of carbonyl (C=O) groups is 1. The maximum atomic E-state index is 11.7. The highest BCUT2D eigenvalue weighted by molar-refractivity contribution is 8.14. The molecule has 0 saturated heterocycles. The molecule has 2 amide bonds. The summed E-state index contributed by atoms with van der Waals surface area (Å²) in [5, 5.41) is 6.16. The maximum Gasteiger partial charge on any atom is 0.321 e. The van der Waals surface area contributed by atoms with Gasteiger partial charge in [0.05, 0.1) is 20.8 Å². The Balaban J connectivity index is 1.88. The lowest BCUT2D eigenvalue weighted by atomic mass is 10.2. The van der Waals surface area contributed by atoms with E-state index < -0.39 is 0 Å². The number of nitrogens with one attached hydrogen (secondary N) is 2. The van der Waals surface area contributed by atoms with Crippen molar-refractivity contribution in [3.63, 3.8) is 0 Å². The molecule has 108 valence electrons. The summed E-state index contributed by atoms with van der Waals surface area (Å²) in [5.41, 5.74) is 0.929. The SMILES string of the molecule is COc1ccc(CNC(=O)NC2=NCCS2)cc1OC. The van der Waals surface area contributed by atoms with E-state index in [0.29, 0.717) is 23.2 Å². The van der Waals surface area contributed by atoms with Crippen LogP contribution in [-0.4, -0.2) is 37.7 Å². The molecule has 0 bridgehead atoms. The molecule has 0 radical (unpaired) electrons. The largest absolute Gasteiger partial charge is 0.493 e. The van der Waals surface area contributed by atoms with Crippen LogP contribution in [0.5, 0.6) is 11.5 Å². The normalized spacial score (nSPS) is 13.6. The van der Waals surface area contributed by atoms with Gasteiger partial charge in [0, 0.05) is 12.3 Å². The van der Waals surface area contributed by atoms with Crippen molar-refractivity contribution < 1.29 is 14.3 Å². The lowest BCUT2D eigenvalue weighted by molar-refractivity contribution is 0.245. The van der Waals surface area contributed by atoms with Gasteiger partial charge in [-0.3, -0.25) is 10.3 Å². The average Bonchev–Trinajstić information content (AvgIpc) is 2.97. The Morgan fingerprint density at radius 3 is 2.80 bits per heavy atom. The summed E-state index contributed by atoms with van der Waals surface area (Å²) in [6.07, 6.45) is 0. The van der Waals surface area contributed by atoms with Crippen molar-refractivity contribution in [2.45, 2.75) is 6.54 Å². The molecule has 0 unspecified atom stereocenters. The van der Waals surface area contributed by atoms with Gasteiger partial charge in [-0.1, -0.05) is 17.8 Å². The van der Waals surface area contributed by atoms with E-state index in [2.05, 4.69) is 15.6 Å². The summed E-state index contributed by atoms with van der Waals surface area (Å²) in [4.78, 5) is 15.8. The molecule has 20 heavy (non-hydrogen) atoms. The van der Waals surface area contributed by atoms with Crippen molar-refractivity contribution in [2.24, 2.45) is 4.99 Å². The third kappa shape index (κ3) is 3.80. The Morgan fingerprint density at radius 2 is 2.15 bits per heavy atom. The Kier molecular flexibility index (Phi) is 5.11. The molecule has 6 nitrogen and oxygen atoms in total. The van der Waals surface area contributed by atoms with Crippen LogP contribution in [0, 0.1) is 0 Å². The average molecular weight is 295 g/mol. The molecular weight excluding hydrogens is 278 g/mol. The van der Waals surface area contributed by atoms with E-state index in [1.807, 2.05) is 18.2 Å². The van der Waals surface area contributed by atoms with Gasteiger partial charge in [-0.15, -0.1) is 0 Å². The molecular formula is C13H17N3O3S. The van der Waals surface area contributed by atoms with Crippen molar-refractivity contribution in [1.29, 1.82) is 0 Å². The summed E-state index contributed by atoms with van der Waals surface area (Å²) in [5.74, 6) is 2.23. The number of urea groups is 1. The fourth-order valence-electron chi connectivity index (χ4n) is 1.73. The molecule has 2 rings (SSSR count). The van der Waals surface area contributed by atoms with Crippen LogP contribution >= 0.6 is 11.8 Å². The van der Waals surface area contributed by atoms with Gasteiger partial charge in [-0.05, 0) is 17.7 Å². The van der Waals surface area contributed by atoms with Crippen molar-refractivity contribution in [2.75, 3.05) is 26.5 Å². The van der Waals surface area contributed by atoms with E-state index >= 15 is 0 Å². The van der Waals surface area contributed by atoms with E-state index in [9.17, 15) is 4.79 Å². The first kappa shape index (κ1) is 14.5. The van der Waals surface area contributed by atoms with Gasteiger partial charge in [-0.25, -0.2) is 4.79 Å². The lowest BCUT2D eigenvalue weighted by Crippen LogP contribution is -2.37. The first-order chi connectivity index (χ1) is 9.72. The smallest absolute Gasteiger partial charge is 0.321 e. The minimum atomic E-state index is -0.257. The Morgan fingerprint density at radius 1 is 1.35 bits per heavy atom. The molecule has 1 aliphatic heterocycles. The molecule has 1 aliphatic rings. The predicted molar refractivity (Wildman–Crippen MR) is 79.7 cm³/mol. The number of thioether (sulfide) groups is 1. The van der Waals surface area contributed by atoms with Crippen molar-refractivity contribution in [3.8, 4) is 11.5 Å². The Bertz CT molecular complexity index is 520. The van der Waals surface area contributed by atoms with E-state index in [1.54, 1.807) is 26.0 Å². The molecule has 0 spiro atoms. The first-order valence-electron chi connectivity index (χ1n) is 6.16. The zero-order valence-electron chi connectivity index (χ0n) is 11.4. The number of hydrogen-bond acceptors (Lipinski definition) is 5. The second kappa shape index (κ2) is 7.04. The van der Waals surface area contributed by atoms with Gasteiger partial charge < -0.3 is 14.8 Å². The van der Waals surface area contributed by atoms with Crippen LogP contribution in [0.1, 0.15) is 5.56 Å². The number of amidine groups is 1. The molecule has 0 fully saturated rings. The predicted octanol–water partition coefficient (Wildman–Crippen LogP) is 1.61. The van der Waals surface area contributed by atoms with E-state index in [4.69, 9.17) is 9.47 Å². The number of ether oxygens (including phenoxy) is 2. The fraction of sp³-hybridized carbons (Fsp3) is 0.385. The van der Waals surface area contributed by atoms with E-state index in [0.717, 1.165) is 17.9 Å². The van der Waals surface area contributed by atoms with Gasteiger partial charge in [0.15, 0.2) is 16.7 Å². The summed E-state index contributed by atoms with van der Waals surface area (Å²) in [7, 11) is 3.17. The van der Waals surface area contributed by atoms with Crippen LogP contribution < -0.4 is 20.1 Å². The Labute approximate surface area is 121 Å². The highest BCUT2D eigenvalue weighted by Crippen LogP contribution is 2.27. The van der Waals surface area contributed by atoms with Gasteiger partial charge in [0.1, 0.15) is 0 Å². The lowest BCUT2D eigenvalue weighted by Gasteiger charge is -2.10. The number of rotatable bonds is 4. The molecule has 0 atom stereocenters. The topological polar surface area (TPSA) is 72.0 Å². The summed E-state index contributed by atoms with van der Waals surface area (Å²) in [6.45, 7) is 1.17. The zero-order valence-corrected chi connectivity index (χ0v) is 12.3. The zero-order chi connectivity index (χ0) is 14.4. The first-order valence-corrected chi connectivity index (χ1v) is 7.14. The summed E-state index contributed by atoms with van der Waals surface area (Å²) >= 11 is 1.54. The van der Waals surface area contributed by atoms with Crippen LogP contribution in [0.2, 0.25) is 0 Å². The van der Waals surface area contributed by atoms with E-state index in [1.165, 1.54) is 0 Å². The number of carbonyl (C=O) groups excluding carboxylic acids is 1. The molecule has 1 aromatic rings. The molecule has 0 aliphatic carbocycles. The van der Waals surface area contributed by atoms with Crippen molar-refractivity contribution in [1.82, 2.24) is 10.6 Å². The number of benzene rings is 1. The van der Waals surface area contributed by atoms with Gasteiger partial charge in [-0.2, -0.15) is 0 Å². The molecule has 0 aromatic heterocycles. The molecule has 0 saturated carbocycles. The van der Waals surface area contributed by atoms with Crippen molar-refractivity contribution >= 4 is 23.0 Å². The molecule has 2 N–H and O–H groups in total. The summed E-state index contributed by atoms with van der Waals surface area (Å²) < 4.78 is 10.4. The Hall–Kier alpha value is -1.89. The molecule has 7 heteroatoms. The number of nitrogens with zero attached hydrogens (tertiary/aromatic N) is 1. The number of aliphatic imine (C=N–C) groups is 1.